The number of piperidine rings is 1. The molecule has 4 fully saturated rings. The van der Waals surface area contributed by atoms with Gasteiger partial charge in [0.2, 0.25) is 17.6 Å². The molecule has 11 nitrogen and oxygen atoms in total. The van der Waals surface area contributed by atoms with E-state index in [2.05, 4.69) is 36.7 Å². The van der Waals surface area contributed by atoms with Crippen LogP contribution in [0.4, 0.5) is 4.79 Å². The monoisotopic (exact) mass is 664 g/mol. The van der Waals surface area contributed by atoms with Gasteiger partial charge in [-0.1, -0.05) is 72.1 Å². The molecular formula is C34H56N4O7S. The number of nitrogens with zero attached hydrogens (tertiary/aromatic N) is 1. The third kappa shape index (κ3) is 9.53. The first-order chi connectivity index (χ1) is 21.5. The summed E-state index contributed by atoms with van der Waals surface area (Å²) >= 11 is 0. The number of ketones is 2. The number of hydrogen-bond acceptors (Lipinski definition) is 7. The number of nitrogens with one attached hydrogen (secondary N) is 3. The molecule has 4 rings (SSSR count). The van der Waals surface area contributed by atoms with Gasteiger partial charge in [-0.2, -0.15) is 0 Å². The number of amides is 4. The van der Waals surface area contributed by atoms with Crippen molar-refractivity contribution in [1.82, 2.24) is 20.9 Å². The van der Waals surface area contributed by atoms with Crippen molar-refractivity contribution < 1.29 is 32.4 Å². The molecule has 4 aliphatic rings. The van der Waals surface area contributed by atoms with Crippen LogP contribution in [0.15, 0.2) is 0 Å². The van der Waals surface area contributed by atoms with Gasteiger partial charge in [0.15, 0.2) is 5.78 Å². The minimum Gasteiger partial charge on any atom is -0.344 e. The number of hydrogen-bond donors (Lipinski definition) is 3. The maximum atomic E-state index is 14.6. The van der Waals surface area contributed by atoms with Gasteiger partial charge in [-0.3, -0.25) is 19.2 Å². The number of rotatable bonds is 12. The van der Waals surface area contributed by atoms with Crippen LogP contribution >= 0.6 is 0 Å². The topological polar surface area (TPSA) is 159 Å². The van der Waals surface area contributed by atoms with Crippen LogP contribution in [0.5, 0.6) is 0 Å². The fraction of sp³-hybridized carbons (Fsp3) is 0.853. The van der Waals surface area contributed by atoms with Gasteiger partial charge in [-0.25, -0.2) is 13.2 Å². The molecule has 0 radical (unpaired) electrons. The molecule has 12 heteroatoms. The Kier molecular flexibility index (Phi) is 11.6. The molecule has 46 heavy (non-hydrogen) atoms. The Morgan fingerprint density at radius 1 is 0.891 bits per heavy atom. The SMILES string of the molecule is CC(=O)C(=O)C(CC1CC1)NC(=O)[C@@H]1CC(C)(C)C(C)CN1C(=O)[C@@H](NC(=O)NC1(CS(C)(=O)=O)CCCCC1)C1CCCCC1. The number of carbonyl (C=O) groups is 5. The van der Waals surface area contributed by atoms with E-state index in [4.69, 9.17) is 0 Å². The van der Waals surface area contributed by atoms with E-state index < -0.39 is 57.0 Å². The van der Waals surface area contributed by atoms with Crippen molar-refractivity contribution in [1.29, 1.82) is 0 Å². The maximum Gasteiger partial charge on any atom is 0.315 e. The second-order valence-electron chi connectivity index (χ2n) is 15.6. The second kappa shape index (κ2) is 14.7. The quantitative estimate of drug-likeness (QED) is 0.269. The van der Waals surface area contributed by atoms with Gasteiger partial charge in [0.05, 0.1) is 17.3 Å². The largest absolute Gasteiger partial charge is 0.344 e. The number of carbonyl (C=O) groups excluding carboxylic acids is 5. The molecule has 1 heterocycles. The van der Waals surface area contributed by atoms with Crippen molar-refractivity contribution in [3.63, 3.8) is 0 Å². The van der Waals surface area contributed by atoms with Crippen LogP contribution in [0.2, 0.25) is 0 Å². The molecule has 3 aliphatic carbocycles. The third-order valence-electron chi connectivity index (χ3n) is 11.1. The van der Waals surface area contributed by atoms with E-state index >= 15 is 0 Å². The summed E-state index contributed by atoms with van der Waals surface area (Å²) < 4.78 is 24.7. The molecule has 2 unspecified atom stereocenters. The van der Waals surface area contributed by atoms with Gasteiger partial charge in [-0.15, -0.1) is 0 Å². The van der Waals surface area contributed by atoms with Gasteiger partial charge >= 0.3 is 6.03 Å². The van der Waals surface area contributed by atoms with Crippen LogP contribution in [0.25, 0.3) is 0 Å². The first-order valence-corrected chi connectivity index (χ1v) is 19.5. The lowest BCUT2D eigenvalue weighted by Crippen LogP contribution is -2.65. The number of sulfone groups is 1. The van der Waals surface area contributed by atoms with Crippen molar-refractivity contribution in [2.24, 2.45) is 23.2 Å². The molecule has 4 atom stereocenters. The van der Waals surface area contributed by atoms with Crippen LogP contribution in [0.3, 0.4) is 0 Å². The van der Waals surface area contributed by atoms with E-state index in [1.807, 2.05) is 0 Å². The van der Waals surface area contributed by atoms with Gasteiger partial charge in [0, 0.05) is 19.7 Å². The summed E-state index contributed by atoms with van der Waals surface area (Å²) in [5.41, 5.74) is -1.17. The minimum absolute atomic E-state index is 0.0581. The van der Waals surface area contributed by atoms with Crippen molar-refractivity contribution >= 4 is 39.2 Å². The average molecular weight is 665 g/mol. The van der Waals surface area contributed by atoms with Crippen molar-refractivity contribution in [3.8, 4) is 0 Å². The summed E-state index contributed by atoms with van der Waals surface area (Å²) in [5, 5.41) is 8.83. The van der Waals surface area contributed by atoms with Gasteiger partial charge in [0.1, 0.15) is 21.9 Å². The van der Waals surface area contributed by atoms with Crippen LogP contribution < -0.4 is 16.0 Å². The normalized spacial score (nSPS) is 26.3. The Morgan fingerprint density at radius 2 is 1.50 bits per heavy atom. The molecule has 0 spiro atoms. The predicted molar refractivity (Wildman–Crippen MR) is 176 cm³/mol. The summed E-state index contributed by atoms with van der Waals surface area (Å²) in [5.74, 6) is -1.93. The Morgan fingerprint density at radius 3 is 2.07 bits per heavy atom. The fourth-order valence-corrected chi connectivity index (χ4v) is 9.23. The Balaban J connectivity index is 1.59. The van der Waals surface area contributed by atoms with Crippen molar-refractivity contribution in [3.05, 3.63) is 0 Å². The lowest BCUT2D eigenvalue weighted by molar-refractivity contribution is -0.150. The lowest BCUT2D eigenvalue weighted by Gasteiger charge is -2.48. The standard InChI is InChI=1S/C34H56N4O7S/c1-22-20-38(27(19-33(22,3)4)30(41)35-26(18-24-14-15-24)29(40)23(2)39)31(42)28(25-12-8-6-9-13-25)36-32(43)37-34(21-46(5,44)45)16-10-7-11-17-34/h22,24-28H,6-21H2,1-5H3,(H,35,41)(H2,36,37,43)/t22?,26?,27-,28-/m0/s1. The van der Waals surface area contributed by atoms with Crippen LogP contribution in [0, 0.1) is 23.2 Å². The van der Waals surface area contributed by atoms with E-state index in [-0.39, 0.29) is 28.9 Å². The molecular weight excluding hydrogens is 608 g/mol. The molecule has 0 aromatic carbocycles. The maximum absolute atomic E-state index is 14.6. The second-order valence-corrected chi connectivity index (χ2v) is 17.8. The average Bonchev–Trinajstić information content (AvgIpc) is 3.80. The van der Waals surface area contributed by atoms with Crippen molar-refractivity contribution in [2.75, 3.05) is 18.6 Å². The zero-order chi connectivity index (χ0) is 33.9. The summed E-state index contributed by atoms with van der Waals surface area (Å²) in [6.45, 7) is 7.71. The summed E-state index contributed by atoms with van der Waals surface area (Å²) in [4.78, 5) is 68.7. The summed E-state index contributed by atoms with van der Waals surface area (Å²) in [6, 6.07) is -3.23. The fourth-order valence-electron chi connectivity index (χ4n) is 7.87. The van der Waals surface area contributed by atoms with E-state index in [1.165, 1.54) is 13.2 Å². The number of urea groups is 1. The highest BCUT2D eigenvalue weighted by atomic mass is 32.2. The highest BCUT2D eigenvalue weighted by Crippen LogP contribution is 2.40. The summed E-state index contributed by atoms with van der Waals surface area (Å²) in [7, 11) is -3.38. The van der Waals surface area contributed by atoms with Gasteiger partial charge < -0.3 is 20.9 Å². The molecule has 0 aromatic heterocycles. The lowest BCUT2D eigenvalue weighted by atomic mass is 9.71. The minimum atomic E-state index is -3.38. The zero-order valence-corrected chi connectivity index (χ0v) is 29.3. The molecule has 3 N–H and O–H groups in total. The van der Waals surface area contributed by atoms with Gasteiger partial charge in [-0.05, 0) is 61.7 Å². The Bertz CT molecular complexity index is 1270. The Hall–Kier alpha value is -2.50. The van der Waals surface area contributed by atoms with E-state index in [1.54, 1.807) is 4.90 Å². The highest BCUT2D eigenvalue weighted by Gasteiger charge is 2.48. The predicted octanol–water partition coefficient (Wildman–Crippen LogP) is 3.69. The molecule has 1 aliphatic heterocycles. The number of Topliss-reactive ketones (excluding diaryl/α,β-unsaturated/α-hetero) is 2. The smallest absolute Gasteiger partial charge is 0.315 e. The number of likely N-dealkylation sites (tertiary alicyclic amines) is 1. The molecule has 0 bridgehead atoms. The molecule has 3 saturated carbocycles. The zero-order valence-electron chi connectivity index (χ0n) is 28.5. The first kappa shape index (κ1) is 36.3. The molecule has 1 saturated heterocycles. The summed E-state index contributed by atoms with van der Waals surface area (Å²) in [6.07, 6.45) is 12.0. The van der Waals surface area contributed by atoms with Gasteiger partial charge in [0.25, 0.3) is 0 Å². The van der Waals surface area contributed by atoms with E-state index in [9.17, 15) is 32.4 Å². The molecule has 0 aromatic rings. The van der Waals surface area contributed by atoms with Crippen LogP contribution in [-0.4, -0.2) is 84.9 Å². The van der Waals surface area contributed by atoms with E-state index in [0.717, 1.165) is 64.2 Å². The third-order valence-corrected chi connectivity index (χ3v) is 12.2. The molecule has 4 amide bonds. The first-order valence-electron chi connectivity index (χ1n) is 17.4. The Labute approximate surface area is 275 Å². The van der Waals surface area contributed by atoms with Crippen LogP contribution in [-0.2, 0) is 29.0 Å². The molecule has 260 valence electrons. The van der Waals surface area contributed by atoms with Crippen LogP contribution in [0.1, 0.15) is 118 Å². The van der Waals surface area contributed by atoms with Crippen molar-refractivity contribution in [2.45, 2.75) is 141 Å². The highest BCUT2D eigenvalue weighted by molar-refractivity contribution is 7.90. The van der Waals surface area contributed by atoms with E-state index in [0.29, 0.717) is 38.1 Å².